The number of carbonyl (C=O) groups excluding carboxylic acids is 1. The van der Waals surface area contributed by atoms with Crippen LogP contribution in [0.15, 0.2) is 35.3 Å². The van der Waals surface area contributed by atoms with Gasteiger partial charge in [-0.2, -0.15) is 0 Å². The van der Waals surface area contributed by atoms with Crippen LogP contribution in [0.4, 0.5) is 5.69 Å². The summed E-state index contributed by atoms with van der Waals surface area (Å²) in [6.07, 6.45) is 1.72. The van der Waals surface area contributed by atoms with Crippen molar-refractivity contribution in [2.45, 2.75) is 20.8 Å². The van der Waals surface area contributed by atoms with Gasteiger partial charge in [0.25, 0.3) is 0 Å². The van der Waals surface area contributed by atoms with E-state index in [2.05, 4.69) is 4.99 Å². The minimum absolute atomic E-state index is 0.0838. The molecule has 0 saturated heterocycles. The van der Waals surface area contributed by atoms with E-state index >= 15 is 0 Å². The first-order valence-electron chi connectivity index (χ1n) is 8.28. The van der Waals surface area contributed by atoms with Crippen LogP contribution in [0.5, 0.6) is 5.75 Å². The van der Waals surface area contributed by atoms with Crippen molar-refractivity contribution in [1.82, 2.24) is 4.90 Å². The predicted molar refractivity (Wildman–Crippen MR) is 109 cm³/mol. The van der Waals surface area contributed by atoms with Crippen molar-refractivity contribution in [3.05, 3.63) is 57.1 Å². The van der Waals surface area contributed by atoms with Crippen molar-refractivity contribution in [1.29, 1.82) is 0 Å². The van der Waals surface area contributed by atoms with Crippen LogP contribution in [0.25, 0.3) is 0 Å². The second-order valence-electron chi connectivity index (χ2n) is 6.06. The van der Waals surface area contributed by atoms with E-state index in [1.807, 2.05) is 38.8 Å². The molecule has 26 heavy (non-hydrogen) atoms. The van der Waals surface area contributed by atoms with Gasteiger partial charge in [0.05, 0.1) is 17.0 Å². The predicted octanol–water partition coefficient (Wildman–Crippen LogP) is 5.48. The maximum Gasteiger partial charge on any atom is 0.200 e. The average Bonchev–Trinajstić information content (AvgIpc) is 2.62. The van der Waals surface area contributed by atoms with E-state index in [9.17, 15) is 4.79 Å². The van der Waals surface area contributed by atoms with Gasteiger partial charge in [-0.15, -0.1) is 0 Å². The van der Waals surface area contributed by atoms with E-state index in [1.54, 1.807) is 30.6 Å². The average molecular weight is 393 g/mol. The molecule has 0 saturated carbocycles. The Balaban J connectivity index is 2.15. The lowest BCUT2D eigenvalue weighted by molar-refractivity contribution is 0.0920. The largest absolute Gasteiger partial charge is 0.485 e. The minimum Gasteiger partial charge on any atom is -0.485 e. The number of ketones is 1. The van der Waals surface area contributed by atoms with Crippen molar-refractivity contribution < 1.29 is 9.53 Å². The van der Waals surface area contributed by atoms with Gasteiger partial charge in [-0.05, 0) is 56.2 Å². The van der Waals surface area contributed by atoms with Crippen molar-refractivity contribution >= 4 is 41.0 Å². The number of carbonyl (C=O) groups is 1. The smallest absolute Gasteiger partial charge is 0.200 e. The number of benzene rings is 2. The van der Waals surface area contributed by atoms with Gasteiger partial charge in [-0.1, -0.05) is 29.3 Å². The molecule has 2 aromatic carbocycles. The Bertz CT molecular complexity index is 835. The number of nitrogens with zero attached hydrogens (tertiary/aromatic N) is 2. The minimum atomic E-state index is -0.148. The molecule has 0 aliphatic heterocycles. The lowest BCUT2D eigenvalue weighted by atomic mass is 10.0. The van der Waals surface area contributed by atoms with Gasteiger partial charge in [0.15, 0.2) is 6.61 Å². The molecule has 6 heteroatoms. The molecule has 0 heterocycles. The molecule has 0 atom stereocenters. The van der Waals surface area contributed by atoms with Gasteiger partial charge < -0.3 is 9.64 Å². The number of ether oxygens (including phenoxy) is 1. The molecule has 0 aromatic heterocycles. The molecule has 2 aromatic rings. The molecule has 0 spiro atoms. The second kappa shape index (κ2) is 9.06. The van der Waals surface area contributed by atoms with Gasteiger partial charge in [0.1, 0.15) is 5.75 Å². The number of hydrogen-bond donors (Lipinski definition) is 0. The molecule has 0 N–H and O–H groups in total. The summed E-state index contributed by atoms with van der Waals surface area (Å²) < 4.78 is 5.64. The first-order chi connectivity index (χ1) is 12.3. The summed E-state index contributed by atoms with van der Waals surface area (Å²) in [7, 11) is 1.93. The number of rotatable bonds is 7. The van der Waals surface area contributed by atoms with Crippen molar-refractivity contribution in [2.75, 3.05) is 20.2 Å². The Hall–Kier alpha value is -2.04. The highest BCUT2D eigenvalue weighted by Gasteiger charge is 2.14. The van der Waals surface area contributed by atoms with E-state index in [0.29, 0.717) is 27.0 Å². The van der Waals surface area contributed by atoms with Crippen LogP contribution in [-0.4, -0.2) is 37.2 Å². The molecule has 2 rings (SSSR count). The van der Waals surface area contributed by atoms with Crippen molar-refractivity contribution in [2.24, 2.45) is 4.99 Å². The van der Waals surface area contributed by atoms with Crippen LogP contribution in [0.2, 0.25) is 10.0 Å². The molecule has 0 amide bonds. The summed E-state index contributed by atoms with van der Waals surface area (Å²) in [5.41, 5.74) is 2.88. The highest BCUT2D eigenvalue weighted by atomic mass is 35.5. The maximum absolute atomic E-state index is 12.5. The Labute approximate surface area is 164 Å². The van der Waals surface area contributed by atoms with Crippen LogP contribution >= 0.6 is 23.2 Å². The summed E-state index contributed by atoms with van der Waals surface area (Å²) in [6.45, 7) is 6.55. The van der Waals surface area contributed by atoms with Crippen LogP contribution in [0.1, 0.15) is 28.4 Å². The highest BCUT2D eigenvalue weighted by Crippen LogP contribution is 2.29. The van der Waals surface area contributed by atoms with Crippen LogP contribution in [0, 0.1) is 13.8 Å². The SMILES string of the molecule is CCN(C)/C=N\c1cc(C)c(C(=O)COc2cc(Cl)ccc2C)cc1Cl. The fraction of sp³-hybridized carbons (Fsp3) is 0.300. The van der Waals surface area contributed by atoms with E-state index < -0.39 is 0 Å². The van der Waals surface area contributed by atoms with Gasteiger partial charge >= 0.3 is 0 Å². The summed E-state index contributed by atoms with van der Waals surface area (Å²) in [6, 6.07) is 8.79. The fourth-order valence-corrected chi connectivity index (χ4v) is 2.63. The molecule has 138 valence electrons. The third kappa shape index (κ3) is 5.23. The first kappa shape index (κ1) is 20.3. The molecule has 4 nitrogen and oxygen atoms in total. The first-order valence-corrected chi connectivity index (χ1v) is 9.04. The molecule has 0 radical (unpaired) electrons. The zero-order valence-electron chi connectivity index (χ0n) is 15.3. The quantitative estimate of drug-likeness (QED) is 0.355. The Morgan fingerprint density at radius 2 is 1.92 bits per heavy atom. The molecule has 0 fully saturated rings. The number of aryl methyl sites for hydroxylation is 2. The Morgan fingerprint density at radius 1 is 1.19 bits per heavy atom. The normalized spacial score (nSPS) is 11.0. The summed E-state index contributed by atoms with van der Waals surface area (Å²) in [5.74, 6) is 0.448. The maximum atomic E-state index is 12.5. The van der Waals surface area contributed by atoms with Crippen molar-refractivity contribution in [3.63, 3.8) is 0 Å². The van der Waals surface area contributed by atoms with E-state index in [0.717, 1.165) is 17.7 Å². The number of hydrogen-bond acceptors (Lipinski definition) is 3. The van der Waals surface area contributed by atoms with Gasteiger partial charge in [0.2, 0.25) is 5.78 Å². The Kier molecular flexibility index (Phi) is 7.06. The van der Waals surface area contributed by atoms with E-state index in [1.165, 1.54) is 0 Å². The topological polar surface area (TPSA) is 41.9 Å². The van der Waals surface area contributed by atoms with Gasteiger partial charge in [-0.25, -0.2) is 4.99 Å². The standard InChI is InChI=1S/C20H22Cl2N2O2/c1-5-24(4)12-23-18-8-14(3)16(10-17(18)22)19(25)11-26-20-9-15(21)7-6-13(20)2/h6-10,12H,5,11H2,1-4H3/b23-12-. The van der Waals surface area contributed by atoms with E-state index in [4.69, 9.17) is 27.9 Å². The van der Waals surface area contributed by atoms with Crippen LogP contribution in [0.3, 0.4) is 0 Å². The lowest BCUT2D eigenvalue weighted by Gasteiger charge is -2.12. The highest BCUT2D eigenvalue weighted by molar-refractivity contribution is 6.33. The zero-order chi connectivity index (χ0) is 19.3. The molecule has 0 unspecified atom stereocenters. The van der Waals surface area contributed by atoms with E-state index in [-0.39, 0.29) is 12.4 Å². The fourth-order valence-electron chi connectivity index (χ4n) is 2.26. The van der Waals surface area contributed by atoms with Crippen LogP contribution in [-0.2, 0) is 0 Å². The number of aliphatic imine (C=N–C) groups is 1. The molecule has 0 bridgehead atoms. The molecule has 0 aliphatic rings. The van der Waals surface area contributed by atoms with Crippen molar-refractivity contribution in [3.8, 4) is 5.75 Å². The second-order valence-corrected chi connectivity index (χ2v) is 6.90. The zero-order valence-corrected chi connectivity index (χ0v) is 16.9. The van der Waals surface area contributed by atoms with Gasteiger partial charge in [-0.3, -0.25) is 4.79 Å². The van der Waals surface area contributed by atoms with Crippen LogP contribution < -0.4 is 4.74 Å². The molecular weight excluding hydrogens is 371 g/mol. The monoisotopic (exact) mass is 392 g/mol. The number of Topliss-reactive ketones (excluding diaryl/α,β-unsaturated/α-hetero) is 1. The Morgan fingerprint density at radius 3 is 2.62 bits per heavy atom. The van der Waals surface area contributed by atoms with Gasteiger partial charge in [0, 0.05) is 24.2 Å². The lowest BCUT2D eigenvalue weighted by Crippen LogP contribution is -2.14. The number of halogens is 2. The summed E-state index contributed by atoms with van der Waals surface area (Å²) >= 11 is 12.3. The third-order valence-corrected chi connectivity index (χ3v) is 4.53. The summed E-state index contributed by atoms with van der Waals surface area (Å²) in [5, 5.41) is 0.996. The third-order valence-electron chi connectivity index (χ3n) is 4.00. The summed E-state index contributed by atoms with van der Waals surface area (Å²) in [4.78, 5) is 18.8. The molecular formula is C20H22Cl2N2O2. The molecule has 0 aliphatic carbocycles.